The van der Waals surface area contributed by atoms with E-state index in [9.17, 15) is 4.79 Å². The van der Waals surface area contributed by atoms with Gasteiger partial charge in [-0.2, -0.15) is 0 Å². The molecule has 1 amide bonds. The van der Waals surface area contributed by atoms with E-state index in [0.29, 0.717) is 36.0 Å². The number of hydrogen-bond acceptors (Lipinski definition) is 8. The molecule has 0 aliphatic rings. The molecular weight excluding hydrogens is 468 g/mol. The summed E-state index contributed by atoms with van der Waals surface area (Å²) < 4.78 is 20.9. The molecule has 0 aliphatic carbocycles. The lowest BCUT2D eigenvalue weighted by Gasteiger charge is -2.08. The number of rotatable bonds is 9. The molecule has 0 fully saturated rings. The first-order valence-corrected chi connectivity index (χ1v) is 11.8. The second-order valence-electron chi connectivity index (χ2n) is 7.75. The van der Waals surface area contributed by atoms with Crippen LogP contribution in [0.3, 0.4) is 0 Å². The van der Waals surface area contributed by atoms with Crippen molar-refractivity contribution in [3.8, 4) is 17.2 Å². The van der Waals surface area contributed by atoms with Gasteiger partial charge in [-0.1, -0.05) is 16.6 Å². The third kappa shape index (κ3) is 4.76. The third-order valence-electron chi connectivity index (χ3n) is 5.38. The van der Waals surface area contributed by atoms with Crippen LogP contribution in [0.1, 0.15) is 28.7 Å². The highest BCUT2D eigenvalue weighted by molar-refractivity contribution is 7.23. The summed E-state index contributed by atoms with van der Waals surface area (Å²) >= 11 is 1.51. The molecule has 5 rings (SSSR count). The molecule has 11 heteroatoms. The normalized spacial score (nSPS) is 11.2. The fourth-order valence-corrected chi connectivity index (χ4v) is 4.79. The number of benzene rings is 2. The van der Waals surface area contributed by atoms with Crippen LogP contribution >= 0.6 is 11.3 Å². The summed E-state index contributed by atoms with van der Waals surface area (Å²) in [5.41, 5.74) is 2.93. The van der Waals surface area contributed by atoms with Crippen molar-refractivity contribution in [2.75, 3.05) is 20.8 Å². The monoisotopic (exact) mass is 492 g/mol. The molecule has 0 saturated carbocycles. The number of amides is 1. The van der Waals surface area contributed by atoms with Gasteiger partial charge in [-0.25, -0.2) is 9.67 Å². The largest absolute Gasteiger partial charge is 0.497 e. The predicted molar refractivity (Wildman–Crippen MR) is 132 cm³/mol. The summed E-state index contributed by atoms with van der Waals surface area (Å²) in [5.74, 6) is 1.96. The predicted octanol–water partition coefficient (Wildman–Crippen LogP) is 3.53. The lowest BCUT2D eigenvalue weighted by molar-refractivity contribution is 0.0946. The number of fused-ring (bicyclic) bond motifs is 3. The smallest absolute Gasteiger partial charge is 0.271 e. The summed E-state index contributed by atoms with van der Waals surface area (Å²) in [5, 5.41) is 11.2. The van der Waals surface area contributed by atoms with Gasteiger partial charge in [-0.3, -0.25) is 9.20 Å². The Hall–Kier alpha value is -4.12. The Morgan fingerprint density at radius 1 is 1.06 bits per heavy atom. The van der Waals surface area contributed by atoms with Gasteiger partial charge in [0.05, 0.1) is 50.3 Å². The standard InChI is InChI=1S/C24H24N6O4S/c1-4-34-17-5-6-21-22(10-17)35-24-26-20(14-30(21)24)23(31)25-11-16-13-29(28-27-16)12-15-7-18(32-2)9-19(8-15)33-3/h5-10,13-14H,4,11-12H2,1-3H3,(H,25,31). The Labute approximate surface area is 205 Å². The number of ether oxygens (including phenoxy) is 3. The maximum absolute atomic E-state index is 12.7. The van der Waals surface area contributed by atoms with Crippen molar-refractivity contribution in [1.82, 2.24) is 29.7 Å². The van der Waals surface area contributed by atoms with Gasteiger partial charge in [-0.05, 0) is 42.8 Å². The van der Waals surface area contributed by atoms with E-state index >= 15 is 0 Å². The van der Waals surface area contributed by atoms with Crippen molar-refractivity contribution in [2.45, 2.75) is 20.0 Å². The van der Waals surface area contributed by atoms with Crippen molar-refractivity contribution < 1.29 is 19.0 Å². The molecule has 3 aromatic heterocycles. The quantitative estimate of drug-likeness (QED) is 0.336. The molecule has 0 unspecified atom stereocenters. The van der Waals surface area contributed by atoms with Crippen LogP contribution in [-0.4, -0.2) is 51.1 Å². The molecule has 1 N–H and O–H groups in total. The molecule has 0 saturated heterocycles. The second kappa shape index (κ2) is 9.63. The lowest BCUT2D eigenvalue weighted by atomic mass is 10.2. The molecule has 180 valence electrons. The van der Waals surface area contributed by atoms with Gasteiger partial charge in [0.1, 0.15) is 28.6 Å². The van der Waals surface area contributed by atoms with Crippen LogP contribution in [0.15, 0.2) is 48.8 Å². The Kier molecular flexibility index (Phi) is 6.23. The highest BCUT2D eigenvalue weighted by Gasteiger charge is 2.15. The lowest BCUT2D eigenvalue weighted by Crippen LogP contribution is -2.23. The van der Waals surface area contributed by atoms with Gasteiger partial charge in [0, 0.05) is 12.3 Å². The minimum Gasteiger partial charge on any atom is -0.497 e. The van der Waals surface area contributed by atoms with E-state index in [2.05, 4.69) is 20.6 Å². The number of carbonyl (C=O) groups excluding carboxylic acids is 1. The van der Waals surface area contributed by atoms with E-state index in [4.69, 9.17) is 14.2 Å². The number of nitrogens with one attached hydrogen (secondary N) is 1. The molecule has 5 aromatic rings. The molecule has 0 aliphatic heterocycles. The molecule has 0 spiro atoms. The van der Waals surface area contributed by atoms with Crippen LogP contribution in [0.25, 0.3) is 15.2 Å². The topological polar surface area (TPSA) is 105 Å². The van der Waals surface area contributed by atoms with Gasteiger partial charge >= 0.3 is 0 Å². The number of carbonyl (C=O) groups is 1. The Bertz CT molecular complexity index is 1480. The third-order valence-corrected chi connectivity index (χ3v) is 6.40. The van der Waals surface area contributed by atoms with E-state index in [1.165, 1.54) is 11.3 Å². The zero-order valence-electron chi connectivity index (χ0n) is 19.5. The summed E-state index contributed by atoms with van der Waals surface area (Å²) in [6.45, 7) is 3.30. The Morgan fingerprint density at radius 2 is 1.86 bits per heavy atom. The van der Waals surface area contributed by atoms with E-state index in [0.717, 1.165) is 26.5 Å². The van der Waals surface area contributed by atoms with E-state index in [1.807, 2.05) is 47.7 Å². The average Bonchev–Trinajstić information content (AvgIpc) is 3.57. The zero-order valence-corrected chi connectivity index (χ0v) is 20.3. The average molecular weight is 493 g/mol. The van der Waals surface area contributed by atoms with Gasteiger partial charge in [0.25, 0.3) is 5.91 Å². The van der Waals surface area contributed by atoms with Crippen molar-refractivity contribution >= 4 is 32.4 Å². The van der Waals surface area contributed by atoms with E-state index in [-0.39, 0.29) is 12.5 Å². The van der Waals surface area contributed by atoms with Gasteiger partial charge in [0.2, 0.25) is 0 Å². The number of hydrogen-bond donors (Lipinski definition) is 1. The molecule has 3 heterocycles. The molecule has 35 heavy (non-hydrogen) atoms. The number of aromatic nitrogens is 5. The number of thiazole rings is 1. The second-order valence-corrected chi connectivity index (χ2v) is 8.76. The zero-order chi connectivity index (χ0) is 24.4. The summed E-state index contributed by atoms with van der Waals surface area (Å²) in [6.07, 6.45) is 3.54. The Balaban J connectivity index is 1.24. The van der Waals surface area contributed by atoms with E-state index in [1.54, 1.807) is 31.3 Å². The summed E-state index contributed by atoms with van der Waals surface area (Å²) in [6, 6.07) is 11.5. The fourth-order valence-electron chi connectivity index (χ4n) is 3.75. The number of imidazole rings is 1. The molecule has 2 aromatic carbocycles. The minimum atomic E-state index is -0.271. The van der Waals surface area contributed by atoms with Crippen LogP contribution in [0.5, 0.6) is 17.2 Å². The first-order valence-electron chi connectivity index (χ1n) is 11.0. The maximum atomic E-state index is 12.7. The van der Waals surface area contributed by atoms with Gasteiger partial charge in [-0.15, -0.1) is 5.10 Å². The van der Waals surface area contributed by atoms with Crippen molar-refractivity contribution in [3.05, 3.63) is 65.7 Å². The van der Waals surface area contributed by atoms with Crippen molar-refractivity contribution in [1.29, 1.82) is 0 Å². The molecule has 0 atom stereocenters. The summed E-state index contributed by atoms with van der Waals surface area (Å²) in [4.78, 5) is 18.0. The van der Waals surface area contributed by atoms with Gasteiger partial charge < -0.3 is 19.5 Å². The number of nitrogens with zero attached hydrogens (tertiary/aromatic N) is 5. The maximum Gasteiger partial charge on any atom is 0.271 e. The molecular formula is C24H24N6O4S. The summed E-state index contributed by atoms with van der Waals surface area (Å²) in [7, 11) is 3.22. The SMILES string of the molecule is CCOc1ccc2c(c1)sc1nc(C(=O)NCc3cn(Cc4cc(OC)cc(OC)c4)nn3)cn12. The molecule has 0 radical (unpaired) electrons. The Morgan fingerprint density at radius 3 is 2.60 bits per heavy atom. The van der Waals surface area contributed by atoms with Crippen LogP contribution < -0.4 is 19.5 Å². The van der Waals surface area contributed by atoms with Crippen molar-refractivity contribution in [2.24, 2.45) is 0 Å². The molecule has 10 nitrogen and oxygen atoms in total. The van der Waals surface area contributed by atoms with Crippen LogP contribution in [0, 0.1) is 0 Å². The van der Waals surface area contributed by atoms with Crippen LogP contribution in [0.4, 0.5) is 0 Å². The first kappa shape index (κ1) is 22.7. The van der Waals surface area contributed by atoms with Crippen LogP contribution in [-0.2, 0) is 13.1 Å². The molecule has 0 bridgehead atoms. The highest BCUT2D eigenvalue weighted by atomic mass is 32.1. The van der Waals surface area contributed by atoms with Gasteiger partial charge in [0.15, 0.2) is 4.96 Å². The number of methoxy groups -OCH3 is 2. The minimum absolute atomic E-state index is 0.240. The van der Waals surface area contributed by atoms with E-state index < -0.39 is 0 Å². The van der Waals surface area contributed by atoms with Crippen LogP contribution in [0.2, 0.25) is 0 Å². The first-order chi connectivity index (χ1) is 17.1. The fraction of sp³-hybridized carbons (Fsp3) is 0.250. The van der Waals surface area contributed by atoms with Crippen molar-refractivity contribution in [3.63, 3.8) is 0 Å². The highest BCUT2D eigenvalue weighted by Crippen LogP contribution is 2.29.